The van der Waals surface area contributed by atoms with E-state index in [-0.39, 0.29) is 0 Å². The van der Waals surface area contributed by atoms with Crippen molar-refractivity contribution in [2.24, 2.45) is 0 Å². The second-order valence-electron chi connectivity index (χ2n) is 4.30. The zero-order valence-electron chi connectivity index (χ0n) is 10.1. The summed E-state index contributed by atoms with van der Waals surface area (Å²) in [6, 6.07) is 5.47. The molecule has 1 rings (SSSR count). The molecule has 1 nitrogen and oxygen atoms in total. The first-order valence-electron chi connectivity index (χ1n) is 6.03. The lowest BCUT2D eigenvalue weighted by Crippen LogP contribution is -2.28. The summed E-state index contributed by atoms with van der Waals surface area (Å²) in [5, 5.41) is 5.80. The molecule has 0 aliphatic heterocycles. The summed E-state index contributed by atoms with van der Waals surface area (Å²) in [4.78, 5) is 1.44. The van der Waals surface area contributed by atoms with E-state index in [1.54, 1.807) is 0 Å². The fraction of sp³-hybridized carbons (Fsp3) is 0.692. The molecule has 2 heteroatoms. The molecular weight excluding hydrogens is 202 g/mol. The van der Waals surface area contributed by atoms with E-state index in [1.807, 2.05) is 11.3 Å². The van der Waals surface area contributed by atoms with Gasteiger partial charge in [-0.1, -0.05) is 32.3 Å². The number of unbranched alkanes of at least 4 members (excludes halogenated alkanes) is 2. The Morgan fingerprint density at radius 3 is 2.73 bits per heavy atom. The maximum Gasteiger partial charge on any atom is 0.0388 e. The van der Waals surface area contributed by atoms with Crippen LogP contribution in [0.3, 0.4) is 0 Å². The Hall–Kier alpha value is -0.340. The third-order valence-corrected chi connectivity index (χ3v) is 3.80. The van der Waals surface area contributed by atoms with Gasteiger partial charge in [-0.05, 0) is 31.7 Å². The molecule has 0 bridgehead atoms. The van der Waals surface area contributed by atoms with Crippen molar-refractivity contribution in [3.63, 3.8) is 0 Å². The summed E-state index contributed by atoms with van der Waals surface area (Å²) in [6.45, 7) is 6.80. The van der Waals surface area contributed by atoms with Gasteiger partial charge in [0, 0.05) is 17.0 Å². The summed E-state index contributed by atoms with van der Waals surface area (Å²) in [5.41, 5.74) is 0. The minimum Gasteiger partial charge on any atom is -0.307 e. The van der Waals surface area contributed by atoms with Crippen molar-refractivity contribution in [1.29, 1.82) is 0 Å². The van der Waals surface area contributed by atoms with E-state index in [1.165, 1.54) is 30.6 Å². The third-order valence-electron chi connectivity index (χ3n) is 2.75. The number of nitrogens with one attached hydrogen (secondary N) is 1. The van der Waals surface area contributed by atoms with Crippen LogP contribution in [0, 0.1) is 0 Å². The summed E-state index contributed by atoms with van der Waals surface area (Å²) in [7, 11) is 0. The molecule has 1 unspecified atom stereocenters. The molecule has 2 atom stereocenters. The smallest absolute Gasteiger partial charge is 0.0388 e. The van der Waals surface area contributed by atoms with Crippen LogP contribution in [0.4, 0.5) is 0 Å². The maximum atomic E-state index is 3.65. The van der Waals surface area contributed by atoms with Gasteiger partial charge in [-0.2, -0.15) is 0 Å². The predicted molar refractivity (Wildman–Crippen MR) is 69.5 cm³/mol. The quantitative estimate of drug-likeness (QED) is 0.680. The largest absolute Gasteiger partial charge is 0.307 e. The maximum absolute atomic E-state index is 3.65. The molecule has 1 N–H and O–H groups in total. The SMILES string of the molecule is CCCCCC(C)N[C@@H](C)c1cccs1. The van der Waals surface area contributed by atoms with Gasteiger partial charge in [0.1, 0.15) is 0 Å². The summed E-state index contributed by atoms with van der Waals surface area (Å²) in [6.07, 6.45) is 5.32. The molecule has 0 fully saturated rings. The second-order valence-corrected chi connectivity index (χ2v) is 5.28. The van der Waals surface area contributed by atoms with Gasteiger partial charge in [-0.3, -0.25) is 0 Å². The summed E-state index contributed by atoms with van der Waals surface area (Å²) < 4.78 is 0. The van der Waals surface area contributed by atoms with Crippen molar-refractivity contribution < 1.29 is 0 Å². The Kier molecular flexibility index (Phi) is 5.96. The van der Waals surface area contributed by atoms with E-state index in [2.05, 4.69) is 43.6 Å². The highest BCUT2D eigenvalue weighted by molar-refractivity contribution is 7.10. The van der Waals surface area contributed by atoms with Crippen molar-refractivity contribution in [2.75, 3.05) is 0 Å². The number of thiophene rings is 1. The molecular formula is C13H23NS. The van der Waals surface area contributed by atoms with Gasteiger partial charge in [0.2, 0.25) is 0 Å². The van der Waals surface area contributed by atoms with Crippen LogP contribution in [-0.2, 0) is 0 Å². The molecule has 0 radical (unpaired) electrons. The van der Waals surface area contributed by atoms with Gasteiger partial charge < -0.3 is 5.32 Å². The first-order chi connectivity index (χ1) is 7.24. The van der Waals surface area contributed by atoms with Crippen molar-refractivity contribution in [1.82, 2.24) is 5.32 Å². The summed E-state index contributed by atoms with van der Waals surface area (Å²) in [5.74, 6) is 0. The number of hydrogen-bond acceptors (Lipinski definition) is 2. The zero-order chi connectivity index (χ0) is 11.1. The molecule has 0 aromatic carbocycles. The van der Waals surface area contributed by atoms with Gasteiger partial charge >= 0.3 is 0 Å². The van der Waals surface area contributed by atoms with E-state index in [0.717, 1.165) is 0 Å². The van der Waals surface area contributed by atoms with Crippen LogP contribution in [0.1, 0.15) is 57.4 Å². The highest BCUT2D eigenvalue weighted by atomic mass is 32.1. The van der Waals surface area contributed by atoms with E-state index in [0.29, 0.717) is 12.1 Å². The molecule has 0 saturated heterocycles. The molecule has 0 saturated carbocycles. The van der Waals surface area contributed by atoms with Gasteiger partial charge in [-0.25, -0.2) is 0 Å². The van der Waals surface area contributed by atoms with Crippen LogP contribution in [0.2, 0.25) is 0 Å². The molecule has 0 aliphatic carbocycles. The second kappa shape index (κ2) is 7.02. The minimum absolute atomic E-state index is 0.502. The first kappa shape index (κ1) is 12.7. The Labute approximate surface area is 97.9 Å². The monoisotopic (exact) mass is 225 g/mol. The van der Waals surface area contributed by atoms with E-state index in [4.69, 9.17) is 0 Å². The Morgan fingerprint density at radius 2 is 2.13 bits per heavy atom. The summed E-state index contributed by atoms with van der Waals surface area (Å²) >= 11 is 1.84. The molecule has 1 aromatic heterocycles. The van der Waals surface area contributed by atoms with Crippen molar-refractivity contribution in [3.8, 4) is 0 Å². The molecule has 1 heterocycles. The van der Waals surface area contributed by atoms with Crippen LogP contribution in [0.25, 0.3) is 0 Å². The van der Waals surface area contributed by atoms with Gasteiger partial charge in [-0.15, -0.1) is 11.3 Å². The lowest BCUT2D eigenvalue weighted by molar-refractivity contribution is 0.443. The lowest BCUT2D eigenvalue weighted by atomic mass is 10.1. The Balaban J connectivity index is 2.22. The minimum atomic E-state index is 0.502. The average molecular weight is 225 g/mol. The van der Waals surface area contributed by atoms with Gasteiger partial charge in [0.05, 0.1) is 0 Å². The highest BCUT2D eigenvalue weighted by Crippen LogP contribution is 2.19. The van der Waals surface area contributed by atoms with Crippen molar-refractivity contribution in [2.45, 2.75) is 58.5 Å². The molecule has 15 heavy (non-hydrogen) atoms. The zero-order valence-corrected chi connectivity index (χ0v) is 10.9. The molecule has 0 amide bonds. The molecule has 0 aliphatic rings. The van der Waals surface area contributed by atoms with E-state index < -0.39 is 0 Å². The van der Waals surface area contributed by atoms with Crippen LogP contribution >= 0.6 is 11.3 Å². The van der Waals surface area contributed by atoms with E-state index >= 15 is 0 Å². The average Bonchev–Trinajstić information content (AvgIpc) is 2.70. The normalized spacial score (nSPS) is 15.1. The highest BCUT2D eigenvalue weighted by Gasteiger charge is 2.09. The van der Waals surface area contributed by atoms with Crippen molar-refractivity contribution >= 4 is 11.3 Å². The Bertz CT molecular complexity index is 243. The van der Waals surface area contributed by atoms with Crippen LogP contribution in [-0.4, -0.2) is 6.04 Å². The molecule has 0 spiro atoms. The van der Waals surface area contributed by atoms with Crippen molar-refractivity contribution in [3.05, 3.63) is 22.4 Å². The van der Waals surface area contributed by atoms with Crippen LogP contribution in [0.5, 0.6) is 0 Å². The molecule has 86 valence electrons. The fourth-order valence-electron chi connectivity index (χ4n) is 1.83. The Morgan fingerprint density at radius 1 is 1.33 bits per heavy atom. The molecule has 1 aromatic rings. The van der Waals surface area contributed by atoms with Crippen LogP contribution < -0.4 is 5.32 Å². The standard InChI is InChI=1S/C13H23NS/c1-4-5-6-8-11(2)14-12(3)13-9-7-10-15-13/h7,9-12,14H,4-6,8H2,1-3H3/t11?,12-/m0/s1. The lowest BCUT2D eigenvalue weighted by Gasteiger charge is -2.18. The fourth-order valence-corrected chi connectivity index (χ4v) is 2.57. The first-order valence-corrected chi connectivity index (χ1v) is 6.91. The predicted octanol–water partition coefficient (Wildman–Crippen LogP) is 4.37. The van der Waals surface area contributed by atoms with Gasteiger partial charge in [0.25, 0.3) is 0 Å². The topological polar surface area (TPSA) is 12.0 Å². The van der Waals surface area contributed by atoms with Gasteiger partial charge in [0.15, 0.2) is 0 Å². The third kappa shape index (κ3) is 4.80. The van der Waals surface area contributed by atoms with E-state index in [9.17, 15) is 0 Å². The number of hydrogen-bond donors (Lipinski definition) is 1. The number of rotatable bonds is 7. The van der Waals surface area contributed by atoms with Crippen LogP contribution in [0.15, 0.2) is 17.5 Å².